The maximum absolute atomic E-state index is 13.6. The number of benzene rings is 2. The van der Waals surface area contributed by atoms with E-state index in [0.29, 0.717) is 29.1 Å². The number of hydrogen-bond donors (Lipinski definition) is 3. The molecular formula is C20H14F3N3O3. The van der Waals surface area contributed by atoms with Crippen molar-refractivity contribution in [1.29, 1.82) is 0 Å². The van der Waals surface area contributed by atoms with Crippen LogP contribution in [-0.4, -0.2) is 17.0 Å². The number of hydrogen-bond acceptors (Lipinski definition) is 5. The van der Waals surface area contributed by atoms with Crippen LogP contribution < -0.4 is 10.8 Å². The zero-order valence-corrected chi connectivity index (χ0v) is 14.7. The van der Waals surface area contributed by atoms with Gasteiger partial charge in [0.2, 0.25) is 0 Å². The molecule has 0 spiro atoms. The summed E-state index contributed by atoms with van der Waals surface area (Å²) in [5, 5.41) is 11.7. The first-order valence-electron chi connectivity index (χ1n) is 8.51. The van der Waals surface area contributed by atoms with Crippen LogP contribution in [0.5, 0.6) is 0 Å². The topological polar surface area (TPSA) is 86.9 Å². The van der Waals surface area contributed by atoms with Gasteiger partial charge in [0.05, 0.1) is 23.8 Å². The van der Waals surface area contributed by atoms with E-state index in [0.717, 1.165) is 6.07 Å². The molecule has 4 rings (SSSR count). The minimum absolute atomic E-state index is 0.0306. The number of rotatable bonds is 3. The van der Waals surface area contributed by atoms with Crippen LogP contribution in [0.4, 0.5) is 24.5 Å². The molecule has 2 heterocycles. The summed E-state index contributed by atoms with van der Waals surface area (Å²) in [4.78, 5) is 15.8. The number of hydroxylamine groups is 1. The SMILES string of the molecule is O=C(NO)c1cccc(NC2=Nc3cc(C(F)(F)F)c(-c4ccoc4)cc3C2)c1. The van der Waals surface area contributed by atoms with E-state index in [1.807, 2.05) is 0 Å². The quantitative estimate of drug-likeness (QED) is 0.435. The predicted molar refractivity (Wildman–Crippen MR) is 99.3 cm³/mol. The van der Waals surface area contributed by atoms with Crippen molar-refractivity contribution in [2.75, 3.05) is 5.32 Å². The van der Waals surface area contributed by atoms with Crippen LogP contribution in [0.25, 0.3) is 11.1 Å². The summed E-state index contributed by atoms with van der Waals surface area (Å²) in [5.74, 6) is -0.233. The number of anilines is 1. The number of halogens is 3. The number of alkyl halides is 3. The molecule has 1 amide bonds. The molecule has 0 saturated heterocycles. The number of amides is 1. The number of nitrogens with zero attached hydrogens (tertiary/aromatic N) is 1. The van der Waals surface area contributed by atoms with E-state index in [-0.39, 0.29) is 16.8 Å². The lowest BCUT2D eigenvalue weighted by Gasteiger charge is -2.13. The van der Waals surface area contributed by atoms with Gasteiger partial charge in [0.15, 0.2) is 0 Å². The Morgan fingerprint density at radius 1 is 1.17 bits per heavy atom. The van der Waals surface area contributed by atoms with Crippen LogP contribution >= 0.6 is 0 Å². The van der Waals surface area contributed by atoms with Crippen molar-refractivity contribution in [2.24, 2.45) is 4.99 Å². The molecule has 0 saturated carbocycles. The van der Waals surface area contributed by atoms with Crippen molar-refractivity contribution < 1.29 is 27.6 Å². The fourth-order valence-corrected chi connectivity index (χ4v) is 3.18. The van der Waals surface area contributed by atoms with Gasteiger partial charge in [-0.3, -0.25) is 10.0 Å². The Kier molecular flexibility index (Phi) is 4.59. The lowest BCUT2D eigenvalue weighted by molar-refractivity contribution is -0.137. The molecule has 1 aliphatic heterocycles. The maximum atomic E-state index is 13.6. The molecule has 0 atom stereocenters. The third-order valence-corrected chi connectivity index (χ3v) is 4.48. The van der Waals surface area contributed by atoms with Gasteiger partial charge in [0.1, 0.15) is 5.84 Å². The average molecular weight is 401 g/mol. The smallest absolute Gasteiger partial charge is 0.417 e. The molecule has 0 unspecified atom stereocenters. The Morgan fingerprint density at radius 2 is 2.00 bits per heavy atom. The third-order valence-electron chi connectivity index (χ3n) is 4.48. The molecule has 9 heteroatoms. The van der Waals surface area contributed by atoms with Crippen molar-refractivity contribution in [3.8, 4) is 11.1 Å². The number of amidine groups is 1. The van der Waals surface area contributed by atoms with Gasteiger partial charge in [-0.05, 0) is 47.5 Å². The second kappa shape index (κ2) is 7.10. The lowest BCUT2D eigenvalue weighted by Crippen LogP contribution is -2.19. The zero-order valence-electron chi connectivity index (χ0n) is 14.7. The van der Waals surface area contributed by atoms with E-state index in [2.05, 4.69) is 10.3 Å². The van der Waals surface area contributed by atoms with Gasteiger partial charge in [-0.2, -0.15) is 13.2 Å². The number of fused-ring (bicyclic) bond motifs is 1. The molecule has 0 aliphatic carbocycles. The van der Waals surface area contributed by atoms with Crippen LogP contribution in [0, 0.1) is 0 Å². The Bertz CT molecular complexity index is 1110. The van der Waals surface area contributed by atoms with Gasteiger partial charge in [-0.25, -0.2) is 10.5 Å². The number of aliphatic imine (C=N–C) groups is 1. The van der Waals surface area contributed by atoms with E-state index >= 15 is 0 Å². The Hall–Kier alpha value is -3.59. The van der Waals surface area contributed by atoms with Gasteiger partial charge in [-0.15, -0.1) is 0 Å². The first-order valence-corrected chi connectivity index (χ1v) is 8.51. The summed E-state index contributed by atoms with van der Waals surface area (Å²) in [6.45, 7) is 0. The summed E-state index contributed by atoms with van der Waals surface area (Å²) >= 11 is 0. The second-order valence-electron chi connectivity index (χ2n) is 6.42. The zero-order chi connectivity index (χ0) is 20.6. The van der Waals surface area contributed by atoms with Crippen LogP contribution in [0.1, 0.15) is 21.5 Å². The number of furan rings is 1. The van der Waals surface area contributed by atoms with E-state index < -0.39 is 17.6 Å². The highest BCUT2D eigenvalue weighted by Crippen LogP contribution is 2.42. The molecular weight excluding hydrogens is 387 g/mol. The summed E-state index contributed by atoms with van der Waals surface area (Å²) in [7, 11) is 0. The van der Waals surface area contributed by atoms with E-state index in [1.54, 1.807) is 17.6 Å². The standard InChI is InChI=1S/C20H14F3N3O3/c21-20(22,23)16-9-17-13(7-15(16)12-4-5-29-10-12)8-18(25-17)24-14-3-1-2-11(6-14)19(27)26-28/h1-7,9-10,28H,8H2,(H,24,25)(H,26,27). The fourth-order valence-electron chi connectivity index (χ4n) is 3.18. The highest BCUT2D eigenvalue weighted by Gasteiger charge is 2.35. The van der Waals surface area contributed by atoms with Gasteiger partial charge in [0, 0.05) is 23.2 Å². The maximum Gasteiger partial charge on any atom is 0.417 e. The summed E-state index contributed by atoms with van der Waals surface area (Å²) < 4.78 is 45.6. The molecule has 6 nitrogen and oxygen atoms in total. The average Bonchev–Trinajstić information content (AvgIpc) is 3.34. The summed E-state index contributed by atoms with van der Waals surface area (Å²) in [6, 6.07) is 10.3. The lowest BCUT2D eigenvalue weighted by atomic mass is 9.97. The molecule has 0 radical (unpaired) electrons. The monoisotopic (exact) mass is 401 g/mol. The highest BCUT2D eigenvalue weighted by atomic mass is 19.4. The van der Waals surface area contributed by atoms with Crippen molar-refractivity contribution in [1.82, 2.24) is 5.48 Å². The number of carbonyl (C=O) groups is 1. The van der Waals surface area contributed by atoms with Crippen molar-refractivity contribution in [3.05, 3.63) is 71.7 Å². The van der Waals surface area contributed by atoms with Crippen molar-refractivity contribution >= 4 is 23.1 Å². The second-order valence-corrected chi connectivity index (χ2v) is 6.42. The van der Waals surface area contributed by atoms with Gasteiger partial charge in [0.25, 0.3) is 5.91 Å². The molecule has 1 aromatic heterocycles. The summed E-state index contributed by atoms with van der Waals surface area (Å²) in [6.07, 6.45) is -1.65. The third kappa shape index (κ3) is 3.72. The first-order chi connectivity index (χ1) is 13.8. The fraction of sp³-hybridized carbons (Fsp3) is 0.100. The first kappa shape index (κ1) is 18.8. The van der Waals surface area contributed by atoms with E-state index in [9.17, 15) is 18.0 Å². The largest absolute Gasteiger partial charge is 0.472 e. The highest BCUT2D eigenvalue weighted by molar-refractivity contribution is 6.03. The summed E-state index contributed by atoms with van der Waals surface area (Å²) in [5.41, 5.74) is 2.73. The molecule has 0 bridgehead atoms. The van der Waals surface area contributed by atoms with Gasteiger partial charge < -0.3 is 9.73 Å². The number of carbonyl (C=O) groups excluding carboxylic acids is 1. The minimum Gasteiger partial charge on any atom is -0.472 e. The molecule has 2 aromatic carbocycles. The van der Waals surface area contributed by atoms with Crippen molar-refractivity contribution in [3.63, 3.8) is 0 Å². The molecule has 0 fully saturated rings. The minimum atomic E-state index is -4.54. The van der Waals surface area contributed by atoms with Crippen LogP contribution in [0.2, 0.25) is 0 Å². The number of nitrogens with one attached hydrogen (secondary N) is 2. The van der Waals surface area contributed by atoms with E-state index in [4.69, 9.17) is 9.62 Å². The molecule has 1 aliphatic rings. The molecule has 29 heavy (non-hydrogen) atoms. The van der Waals surface area contributed by atoms with E-state index in [1.165, 1.54) is 36.8 Å². The molecule has 148 valence electrons. The van der Waals surface area contributed by atoms with Crippen molar-refractivity contribution in [2.45, 2.75) is 12.6 Å². The van der Waals surface area contributed by atoms with Crippen LogP contribution in [0.3, 0.4) is 0 Å². The Balaban J connectivity index is 1.65. The normalized spacial score (nSPS) is 13.0. The molecule has 3 aromatic rings. The predicted octanol–water partition coefficient (Wildman–Crippen LogP) is 4.78. The Morgan fingerprint density at radius 3 is 2.69 bits per heavy atom. The van der Waals surface area contributed by atoms with Crippen LogP contribution in [0.15, 0.2) is 64.4 Å². The molecule has 3 N–H and O–H groups in total. The Labute approximate surface area is 162 Å². The van der Waals surface area contributed by atoms with Gasteiger partial charge in [-0.1, -0.05) is 6.07 Å². The van der Waals surface area contributed by atoms with Crippen LogP contribution in [-0.2, 0) is 12.6 Å². The van der Waals surface area contributed by atoms with Gasteiger partial charge >= 0.3 is 6.18 Å².